The molecular weight excluding hydrogens is 397 g/mol. The van der Waals surface area contributed by atoms with Gasteiger partial charge in [0, 0.05) is 36.1 Å². The third kappa shape index (κ3) is 4.26. The highest BCUT2D eigenvalue weighted by Gasteiger charge is 2.34. The van der Waals surface area contributed by atoms with Crippen LogP contribution in [0.2, 0.25) is 0 Å². The molecule has 7 heteroatoms. The molecular formula is C24H26FN3O3. The van der Waals surface area contributed by atoms with Crippen molar-refractivity contribution in [2.24, 2.45) is 11.8 Å². The first-order valence-corrected chi connectivity index (χ1v) is 10.7. The lowest BCUT2D eigenvalue weighted by molar-refractivity contribution is -0.124. The Labute approximate surface area is 181 Å². The van der Waals surface area contributed by atoms with Gasteiger partial charge in [-0.15, -0.1) is 0 Å². The summed E-state index contributed by atoms with van der Waals surface area (Å²) in [7, 11) is 0. The molecule has 2 heterocycles. The lowest BCUT2D eigenvalue weighted by Gasteiger charge is -2.32. The van der Waals surface area contributed by atoms with E-state index in [1.165, 1.54) is 12.1 Å². The number of nitrogens with one attached hydrogen (secondary N) is 1. The number of nitriles is 1. The summed E-state index contributed by atoms with van der Waals surface area (Å²) in [5.74, 6) is -0.991. The second kappa shape index (κ2) is 9.03. The Bertz CT molecular complexity index is 1000. The number of carbonyl (C=O) groups is 2. The molecule has 0 radical (unpaired) electrons. The molecule has 1 amide bonds. The van der Waals surface area contributed by atoms with E-state index in [-0.39, 0.29) is 29.1 Å². The van der Waals surface area contributed by atoms with Gasteiger partial charge >= 0.3 is 0 Å². The number of fused-ring (bicyclic) bond motifs is 1. The summed E-state index contributed by atoms with van der Waals surface area (Å²) in [5.41, 5.74) is 3.42. The summed E-state index contributed by atoms with van der Waals surface area (Å²) in [6.07, 6.45) is 3.94. The van der Waals surface area contributed by atoms with Gasteiger partial charge < -0.3 is 15.0 Å². The van der Waals surface area contributed by atoms with Crippen LogP contribution in [-0.4, -0.2) is 37.9 Å². The minimum Gasteiger partial charge on any atom is -0.496 e. The average Bonchev–Trinajstić information content (AvgIpc) is 3.25. The Hall–Kier alpha value is -2.98. The van der Waals surface area contributed by atoms with Crippen molar-refractivity contribution in [3.8, 4) is 6.07 Å². The summed E-state index contributed by atoms with van der Waals surface area (Å²) in [6.45, 7) is 4.30. The predicted molar refractivity (Wildman–Crippen MR) is 114 cm³/mol. The van der Waals surface area contributed by atoms with E-state index in [2.05, 4.69) is 5.32 Å². The summed E-state index contributed by atoms with van der Waals surface area (Å²) < 4.78 is 19.7. The third-order valence-corrected chi connectivity index (χ3v) is 6.57. The molecule has 0 bridgehead atoms. The summed E-state index contributed by atoms with van der Waals surface area (Å²) in [6, 6.07) is 6.08. The van der Waals surface area contributed by atoms with Crippen molar-refractivity contribution in [2.75, 3.05) is 31.1 Å². The number of anilines is 1. The molecule has 1 aliphatic carbocycles. The van der Waals surface area contributed by atoms with Crippen molar-refractivity contribution >= 4 is 17.4 Å². The number of halogens is 1. The van der Waals surface area contributed by atoms with Gasteiger partial charge in [-0.3, -0.25) is 9.59 Å². The van der Waals surface area contributed by atoms with Crippen LogP contribution in [0.15, 0.2) is 41.2 Å². The molecule has 3 aliphatic rings. The number of amides is 1. The van der Waals surface area contributed by atoms with Gasteiger partial charge in [-0.25, -0.2) is 4.39 Å². The van der Waals surface area contributed by atoms with E-state index in [9.17, 15) is 14.0 Å². The number of Topliss-reactive ketones (excluding diaryl/α,β-unsaturated/α-hetero) is 1. The van der Waals surface area contributed by atoms with Gasteiger partial charge in [0.2, 0.25) is 5.91 Å². The Balaban J connectivity index is 1.59. The SMILES string of the molecule is CC1=C2COC=C2CC(=O)C1CCN(C(=O)C1CCNCC1)c1ccc(C#N)c(F)c1. The first-order chi connectivity index (χ1) is 15.0. The molecule has 31 heavy (non-hydrogen) atoms. The third-order valence-electron chi connectivity index (χ3n) is 6.57. The van der Waals surface area contributed by atoms with Crippen molar-refractivity contribution in [1.82, 2.24) is 5.32 Å². The van der Waals surface area contributed by atoms with Crippen LogP contribution in [-0.2, 0) is 14.3 Å². The zero-order valence-corrected chi connectivity index (χ0v) is 17.6. The number of rotatable bonds is 5. The molecule has 4 rings (SSSR count). The second-order valence-electron chi connectivity index (χ2n) is 8.39. The van der Waals surface area contributed by atoms with Crippen molar-refractivity contribution < 1.29 is 18.7 Å². The van der Waals surface area contributed by atoms with E-state index in [1.54, 1.807) is 17.2 Å². The predicted octanol–water partition coefficient (Wildman–Crippen LogP) is 3.24. The number of hydrogen-bond acceptors (Lipinski definition) is 5. The molecule has 1 aromatic carbocycles. The largest absolute Gasteiger partial charge is 0.496 e. The van der Waals surface area contributed by atoms with Gasteiger partial charge in [-0.05, 0) is 63.0 Å². The molecule has 2 aliphatic heterocycles. The first-order valence-electron chi connectivity index (χ1n) is 10.7. The Morgan fingerprint density at radius 3 is 2.84 bits per heavy atom. The van der Waals surface area contributed by atoms with E-state index < -0.39 is 5.82 Å². The first kappa shape index (κ1) is 21.3. The van der Waals surface area contributed by atoms with Crippen molar-refractivity contribution in [1.29, 1.82) is 5.26 Å². The Kier molecular flexibility index (Phi) is 6.19. The van der Waals surface area contributed by atoms with Crippen molar-refractivity contribution in [3.05, 3.63) is 52.6 Å². The molecule has 0 saturated carbocycles. The van der Waals surface area contributed by atoms with Gasteiger partial charge in [0.1, 0.15) is 24.3 Å². The topological polar surface area (TPSA) is 82.4 Å². The maximum Gasteiger partial charge on any atom is 0.230 e. The molecule has 1 aromatic rings. The molecule has 1 unspecified atom stereocenters. The number of piperidine rings is 1. The molecule has 162 valence electrons. The van der Waals surface area contributed by atoms with Gasteiger partial charge in [-0.2, -0.15) is 5.26 Å². The average molecular weight is 423 g/mol. The molecule has 0 spiro atoms. The fourth-order valence-electron chi connectivity index (χ4n) is 4.72. The van der Waals surface area contributed by atoms with Crippen LogP contribution in [0, 0.1) is 29.0 Å². The Morgan fingerprint density at radius 1 is 1.35 bits per heavy atom. The smallest absolute Gasteiger partial charge is 0.230 e. The van der Waals surface area contributed by atoms with Crippen LogP contribution >= 0.6 is 0 Å². The Morgan fingerprint density at radius 2 is 2.13 bits per heavy atom. The van der Waals surface area contributed by atoms with Gasteiger partial charge in [-0.1, -0.05) is 5.57 Å². The lowest BCUT2D eigenvalue weighted by Crippen LogP contribution is -2.42. The summed E-state index contributed by atoms with van der Waals surface area (Å²) >= 11 is 0. The molecule has 1 saturated heterocycles. The van der Waals surface area contributed by atoms with Crippen LogP contribution in [0.25, 0.3) is 0 Å². The highest BCUT2D eigenvalue weighted by Crippen LogP contribution is 2.37. The number of allylic oxidation sites excluding steroid dienone is 1. The number of ether oxygens (including phenoxy) is 1. The normalized spacial score (nSPS) is 21.3. The fraction of sp³-hybridized carbons (Fsp3) is 0.458. The van der Waals surface area contributed by atoms with E-state index in [1.807, 2.05) is 13.0 Å². The zero-order chi connectivity index (χ0) is 22.0. The van der Waals surface area contributed by atoms with Crippen molar-refractivity contribution in [3.63, 3.8) is 0 Å². The van der Waals surface area contributed by atoms with Gasteiger partial charge in [0.05, 0.1) is 11.8 Å². The van der Waals surface area contributed by atoms with Crippen molar-refractivity contribution in [2.45, 2.75) is 32.6 Å². The molecule has 1 atom stereocenters. The molecule has 0 aromatic heterocycles. The second-order valence-corrected chi connectivity index (χ2v) is 8.39. The number of carbonyl (C=O) groups excluding carboxylic acids is 2. The molecule has 1 N–H and O–H groups in total. The van der Waals surface area contributed by atoms with Crippen LogP contribution in [0.5, 0.6) is 0 Å². The van der Waals surface area contributed by atoms with E-state index in [0.717, 1.165) is 42.7 Å². The number of hydrogen-bond donors (Lipinski definition) is 1. The maximum absolute atomic E-state index is 14.3. The highest BCUT2D eigenvalue weighted by molar-refractivity contribution is 5.95. The van der Waals surface area contributed by atoms with E-state index in [4.69, 9.17) is 10.00 Å². The summed E-state index contributed by atoms with van der Waals surface area (Å²) in [4.78, 5) is 27.7. The number of benzene rings is 1. The van der Waals surface area contributed by atoms with Gasteiger partial charge in [0.15, 0.2) is 0 Å². The standard InChI is InChI=1S/C24H26FN3O3/c1-15-20(23(29)10-18-13-31-14-21(15)18)6-9-28(24(30)16-4-7-27-8-5-16)19-3-2-17(12-26)22(25)11-19/h2-3,11,13,16,20,27H,4-10,14H2,1H3. The zero-order valence-electron chi connectivity index (χ0n) is 17.6. The molecule has 1 fully saturated rings. The highest BCUT2D eigenvalue weighted by atomic mass is 19.1. The van der Waals surface area contributed by atoms with E-state index >= 15 is 0 Å². The van der Waals surface area contributed by atoms with E-state index in [0.29, 0.717) is 31.7 Å². The van der Waals surface area contributed by atoms with Gasteiger partial charge in [0.25, 0.3) is 0 Å². The quantitative estimate of drug-likeness (QED) is 0.786. The fourth-order valence-corrected chi connectivity index (χ4v) is 4.72. The monoisotopic (exact) mass is 423 g/mol. The minimum absolute atomic E-state index is 0.0519. The number of nitrogens with zero attached hydrogens (tertiary/aromatic N) is 2. The van der Waals surface area contributed by atoms with Crippen LogP contribution < -0.4 is 10.2 Å². The summed E-state index contributed by atoms with van der Waals surface area (Å²) in [5, 5.41) is 12.3. The van der Waals surface area contributed by atoms with Crippen LogP contribution in [0.3, 0.4) is 0 Å². The minimum atomic E-state index is -0.645. The van der Waals surface area contributed by atoms with Crippen LogP contribution in [0.1, 0.15) is 38.2 Å². The maximum atomic E-state index is 14.3. The number of ketones is 1. The lowest BCUT2D eigenvalue weighted by atomic mass is 9.79. The van der Waals surface area contributed by atoms with Crippen LogP contribution in [0.4, 0.5) is 10.1 Å². The molecule has 6 nitrogen and oxygen atoms in total.